The number of quaternary nitrogens is 1. The molecule has 2 fully saturated rings. The van der Waals surface area contributed by atoms with Gasteiger partial charge in [0.1, 0.15) is 0 Å². The predicted octanol–water partition coefficient (Wildman–Crippen LogP) is -0.913. The Hall–Kier alpha value is -1.56. The largest absolute Gasteiger partial charge is 0.356 e. The number of amides is 4. The first-order valence-corrected chi connectivity index (χ1v) is 12.8. The number of carbonyl (C=O) groups is 3. The summed E-state index contributed by atoms with van der Waals surface area (Å²) < 4.78 is 0.835. The van der Waals surface area contributed by atoms with Crippen LogP contribution in [0.2, 0.25) is 0 Å². The molecule has 0 saturated carbocycles. The molecule has 2 heterocycles. The van der Waals surface area contributed by atoms with Crippen LogP contribution < -0.4 is 32.7 Å². The van der Waals surface area contributed by atoms with Gasteiger partial charge in [-0.2, -0.15) is 11.8 Å². The summed E-state index contributed by atoms with van der Waals surface area (Å²) in [6, 6.07) is -0.188. The Balaban J connectivity index is 1.46. The van der Waals surface area contributed by atoms with Crippen molar-refractivity contribution >= 4 is 29.6 Å². The van der Waals surface area contributed by atoms with Crippen LogP contribution in [0.15, 0.2) is 0 Å². The normalized spacial score (nSPS) is 23.2. The zero-order valence-corrected chi connectivity index (χ0v) is 20.3. The summed E-state index contributed by atoms with van der Waals surface area (Å²) in [5, 5.41) is 12.3. The average molecular weight is 473 g/mol. The summed E-state index contributed by atoms with van der Waals surface area (Å²) in [7, 11) is 4.31. The van der Waals surface area contributed by atoms with Gasteiger partial charge in [-0.05, 0) is 12.8 Å². The molecule has 184 valence electrons. The van der Waals surface area contributed by atoms with Gasteiger partial charge >= 0.3 is 6.03 Å². The maximum atomic E-state index is 12.1. The minimum absolute atomic E-state index is 0.0505. The molecule has 2 aliphatic heterocycles. The van der Waals surface area contributed by atoms with E-state index in [0.717, 1.165) is 55.4 Å². The second kappa shape index (κ2) is 13.2. The topological polar surface area (TPSA) is 151 Å². The van der Waals surface area contributed by atoms with E-state index < -0.39 is 6.04 Å². The lowest BCUT2D eigenvalue weighted by Crippen LogP contribution is -2.47. The fraction of sp³-hybridized carbons (Fsp3) is 0.857. The van der Waals surface area contributed by atoms with Gasteiger partial charge in [0.15, 0.2) is 0 Å². The number of nitrogens with two attached hydrogens (primary N) is 2. The molecule has 10 nitrogen and oxygen atoms in total. The third-order valence-electron chi connectivity index (χ3n) is 6.17. The Bertz CT molecular complexity index is 635. The maximum Gasteiger partial charge on any atom is 0.315 e. The molecule has 0 aliphatic carbocycles. The second-order valence-electron chi connectivity index (χ2n) is 9.44. The highest BCUT2D eigenvalue weighted by Crippen LogP contribution is 2.33. The lowest BCUT2D eigenvalue weighted by molar-refractivity contribution is -0.890. The molecular formula is C21H42N7O3S+. The van der Waals surface area contributed by atoms with E-state index in [1.54, 1.807) is 0 Å². The first-order valence-electron chi connectivity index (χ1n) is 11.7. The molecule has 2 unspecified atom stereocenters. The molecule has 0 bridgehead atoms. The van der Waals surface area contributed by atoms with Crippen LogP contribution >= 0.6 is 11.8 Å². The standard InChI is InChI=1S/C21H41N7O3S/c1-28(2,12-6-10-25-20(30)15(23)13-22)11-5-9-24-18(29)8-4-3-7-17-19-16(14-32-17)26-21(31)27-19/h15-17,19H,3-14,22-23H2,1-2H3,(H3-,24,25,26,27,29,30,31)/p+1/t15?,16-,17?,19-/m0/s1. The minimum Gasteiger partial charge on any atom is -0.356 e. The molecule has 0 aromatic heterocycles. The smallest absolute Gasteiger partial charge is 0.315 e. The number of hydrogen-bond donors (Lipinski definition) is 6. The van der Waals surface area contributed by atoms with Crippen molar-refractivity contribution in [1.82, 2.24) is 21.3 Å². The number of urea groups is 1. The van der Waals surface area contributed by atoms with Crippen LogP contribution in [0.5, 0.6) is 0 Å². The van der Waals surface area contributed by atoms with Gasteiger partial charge in [0.05, 0.1) is 45.3 Å². The fourth-order valence-electron chi connectivity index (χ4n) is 4.17. The highest BCUT2D eigenvalue weighted by Gasteiger charge is 2.42. The Morgan fingerprint density at radius 3 is 2.50 bits per heavy atom. The van der Waals surface area contributed by atoms with Crippen molar-refractivity contribution in [2.45, 2.75) is 61.9 Å². The van der Waals surface area contributed by atoms with Gasteiger partial charge in [-0.25, -0.2) is 4.79 Å². The molecule has 11 heteroatoms. The monoisotopic (exact) mass is 472 g/mol. The SMILES string of the molecule is C[N+](C)(CCCNC(=O)CCCCC1SC[C@@H]2NC(=O)N[C@H]12)CCCNC(=O)C(N)CN. The van der Waals surface area contributed by atoms with Gasteiger partial charge in [-0.1, -0.05) is 6.42 Å². The van der Waals surface area contributed by atoms with Crippen LogP contribution in [0.1, 0.15) is 38.5 Å². The van der Waals surface area contributed by atoms with E-state index in [1.165, 1.54) is 0 Å². The Labute approximate surface area is 195 Å². The van der Waals surface area contributed by atoms with E-state index in [9.17, 15) is 14.4 Å². The zero-order valence-electron chi connectivity index (χ0n) is 19.5. The first-order chi connectivity index (χ1) is 15.2. The quantitative estimate of drug-likeness (QED) is 0.103. The number of carbonyl (C=O) groups excluding carboxylic acids is 3. The van der Waals surface area contributed by atoms with Crippen LogP contribution in [0, 0.1) is 0 Å². The van der Waals surface area contributed by atoms with E-state index in [4.69, 9.17) is 11.5 Å². The predicted molar refractivity (Wildman–Crippen MR) is 128 cm³/mol. The Kier molecular flexibility index (Phi) is 11.0. The molecular weight excluding hydrogens is 430 g/mol. The third-order valence-corrected chi connectivity index (χ3v) is 7.68. The molecule has 0 radical (unpaired) electrons. The number of fused-ring (bicyclic) bond motifs is 1. The van der Waals surface area contributed by atoms with Crippen molar-refractivity contribution < 1.29 is 18.9 Å². The van der Waals surface area contributed by atoms with Crippen molar-refractivity contribution in [2.24, 2.45) is 11.5 Å². The fourth-order valence-corrected chi connectivity index (χ4v) is 5.71. The number of hydrogen-bond acceptors (Lipinski definition) is 6. The van der Waals surface area contributed by atoms with E-state index in [2.05, 4.69) is 35.4 Å². The van der Waals surface area contributed by atoms with Gasteiger partial charge in [0.25, 0.3) is 0 Å². The molecule has 4 amide bonds. The molecule has 2 aliphatic rings. The van der Waals surface area contributed by atoms with Crippen molar-refractivity contribution in [1.29, 1.82) is 0 Å². The van der Waals surface area contributed by atoms with Crippen LogP contribution in [0.4, 0.5) is 4.79 Å². The summed E-state index contributed by atoms with van der Waals surface area (Å²) in [5.74, 6) is 0.886. The van der Waals surface area contributed by atoms with Crippen molar-refractivity contribution in [2.75, 3.05) is 52.6 Å². The van der Waals surface area contributed by atoms with Crippen LogP contribution in [0.3, 0.4) is 0 Å². The Morgan fingerprint density at radius 2 is 1.81 bits per heavy atom. The van der Waals surface area contributed by atoms with Crippen molar-refractivity contribution in [3.05, 3.63) is 0 Å². The minimum atomic E-state index is -0.637. The van der Waals surface area contributed by atoms with Gasteiger partial charge in [0.2, 0.25) is 11.8 Å². The van der Waals surface area contributed by atoms with E-state index in [0.29, 0.717) is 24.8 Å². The molecule has 0 spiro atoms. The molecule has 0 aromatic carbocycles. The summed E-state index contributed by atoms with van der Waals surface area (Å²) in [6.45, 7) is 3.31. The van der Waals surface area contributed by atoms with E-state index in [1.807, 2.05) is 11.8 Å². The number of unbranched alkanes of at least 4 members (excludes halogenated alkanes) is 1. The van der Waals surface area contributed by atoms with Gasteiger partial charge in [0, 0.05) is 49.9 Å². The second-order valence-corrected chi connectivity index (χ2v) is 10.7. The molecule has 0 aromatic rings. The Morgan fingerprint density at radius 1 is 1.12 bits per heavy atom. The lowest BCUT2D eigenvalue weighted by atomic mass is 10.0. The van der Waals surface area contributed by atoms with Gasteiger partial charge in [-0.3, -0.25) is 9.59 Å². The highest BCUT2D eigenvalue weighted by atomic mass is 32.2. The molecule has 2 rings (SSSR count). The summed E-state index contributed by atoms with van der Waals surface area (Å²) in [5.41, 5.74) is 11.0. The van der Waals surface area contributed by atoms with Crippen LogP contribution in [-0.4, -0.2) is 98.3 Å². The number of thioether (sulfide) groups is 1. The number of nitrogens with one attached hydrogen (secondary N) is 4. The highest BCUT2D eigenvalue weighted by molar-refractivity contribution is 8.00. The first kappa shape index (κ1) is 26.7. The maximum absolute atomic E-state index is 12.1. The average Bonchev–Trinajstić information content (AvgIpc) is 3.30. The zero-order chi connectivity index (χ0) is 23.6. The summed E-state index contributed by atoms with van der Waals surface area (Å²) in [6.07, 6.45) is 5.24. The molecule has 2 saturated heterocycles. The van der Waals surface area contributed by atoms with E-state index >= 15 is 0 Å². The summed E-state index contributed by atoms with van der Waals surface area (Å²) in [4.78, 5) is 35.1. The van der Waals surface area contributed by atoms with Crippen molar-refractivity contribution in [3.63, 3.8) is 0 Å². The van der Waals surface area contributed by atoms with E-state index in [-0.39, 0.29) is 36.5 Å². The number of rotatable bonds is 15. The van der Waals surface area contributed by atoms with Gasteiger partial charge in [-0.15, -0.1) is 0 Å². The third kappa shape index (κ3) is 9.13. The van der Waals surface area contributed by atoms with Crippen LogP contribution in [-0.2, 0) is 9.59 Å². The van der Waals surface area contributed by atoms with Gasteiger partial charge < -0.3 is 37.2 Å². The summed E-state index contributed by atoms with van der Waals surface area (Å²) >= 11 is 1.91. The molecule has 4 atom stereocenters. The molecule has 32 heavy (non-hydrogen) atoms. The van der Waals surface area contributed by atoms with Crippen molar-refractivity contribution in [3.8, 4) is 0 Å². The lowest BCUT2D eigenvalue weighted by Gasteiger charge is -2.30. The number of nitrogens with zero attached hydrogens (tertiary/aromatic N) is 1. The molecule has 8 N–H and O–H groups in total. The van der Waals surface area contributed by atoms with Crippen LogP contribution in [0.25, 0.3) is 0 Å².